The van der Waals surface area contributed by atoms with E-state index in [1.807, 2.05) is 44.2 Å². The van der Waals surface area contributed by atoms with Crippen LogP contribution in [0.5, 0.6) is 0 Å². The molecule has 1 saturated carbocycles. The molecule has 1 aromatic carbocycles. The first kappa shape index (κ1) is 15.7. The Morgan fingerprint density at radius 3 is 2.52 bits per heavy atom. The molecule has 2 rings (SSSR count). The fourth-order valence-electron chi connectivity index (χ4n) is 2.61. The van der Waals surface area contributed by atoms with Gasteiger partial charge in [0, 0.05) is 0 Å². The molecule has 2 atom stereocenters. The van der Waals surface area contributed by atoms with E-state index >= 15 is 0 Å². The Hall–Kier alpha value is -1.71. The number of allylic oxidation sites excluding steroid dienone is 2. The van der Waals surface area contributed by atoms with Crippen LogP contribution in [-0.4, -0.2) is 12.4 Å². The number of rotatable bonds is 5. The first-order chi connectivity index (χ1) is 9.84. The van der Waals surface area contributed by atoms with E-state index in [2.05, 4.69) is 0 Å². The molecule has 0 N–H and O–H groups in total. The van der Waals surface area contributed by atoms with E-state index in [1.165, 1.54) is 13.0 Å². The molecule has 0 aliphatic heterocycles. The van der Waals surface area contributed by atoms with Crippen LogP contribution >= 0.6 is 0 Å². The molecular formula is C17H20F2O2. The zero-order valence-electron chi connectivity index (χ0n) is 12.5. The van der Waals surface area contributed by atoms with Crippen molar-refractivity contribution in [2.45, 2.75) is 33.8 Å². The lowest BCUT2D eigenvalue weighted by molar-refractivity contribution is -0.147. The first-order valence-electron chi connectivity index (χ1n) is 7.01. The van der Waals surface area contributed by atoms with Crippen LogP contribution in [-0.2, 0) is 16.1 Å². The highest BCUT2D eigenvalue weighted by Crippen LogP contribution is 2.60. The maximum atomic E-state index is 12.6. The summed E-state index contributed by atoms with van der Waals surface area (Å²) in [5.41, 5.74) is 0.621. The Morgan fingerprint density at radius 2 is 1.95 bits per heavy atom. The summed E-state index contributed by atoms with van der Waals surface area (Å²) in [5, 5.41) is 0. The highest BCUT2D eigenvalue weighted by Gasteiger charge is 2.61. The molecular weight excluding hydrogens is 274 g/mol. The Kier molecular flexibility index (Phi) is 4.45. The highest BCUT2D eigenvalue weighted by molar-refractivity contribution is 5.78. The van der Waals surface area contributed by atoms with Crippen LogP contribution in [0.3, 0.4) is 0 Å². The Balaban J connectivity index is 1.95. The summed E-state index contributed by atoms with van der Waals surface area (Å²) >= 11 is 0. The largest absolute Gasteiger partial charge is 0.461 e. The molecule has 21 heavy (non-hydrogen) atoms. The summed E-state index contributed by atoms with van der Waals surface area (Å²) in [6, 6.07) is 9.40. The molecule has 0 saturated heterocycles. The average molecular weight is 294 g/mol. The predicted octanol–water partition coefficient (Wildman–Crippen LogP) is 4.21. The number of alkyl halides is 2. The highest BCUT2D eigenvalue weighted by atomic mass is 19.3. The maximum absolute atomic E-state index is 12.6. The minimum Gasteiger partial charge on any atom is -0.461 e. The van der Waals surface area contributed by atoms with Crippen molar-refractivity contribution >= 4 is 5.97 Å². The average Bonchev–Trinajstić information content (AvgIpc) is 2.98. The molecule has 1 aromatic rings. The number of esters is 1. The van der Waals surface area contributed by atoms with Crippen molar-refractivity contribution in [1.29, 1.82) is 0 Å². The van der Waals surface area contributed by atoms with Crippen LogP contribution in [0.2, 0.25) is 0 Å². The van der Waals surface area contributed by atoms with Crippen LogP contribution in [0.4, 0.5) is 8.78 Å². The van der Waals surface area contributed by atoms with E-state index < -0.39 is 6.43 Å². The second-order valence-corrected chi connectivity index (χ2v) is 6.13. The third-order valence-corrected chi connectivity index (χ3v) is 4.18. The van der Waals surface area contributed by atoms with Crippen molar-refractivity contribution in [3.63, 3.8) is 0 Å². The van der Waals surface area contributed by atoms with Gasteiger partial charge < -0.3 is 4.74 Å². The van der Waals surface area contributed by atoms with Gasteiger partial charge >= 0.3 is 5.97 Å². The van der Waals surface area contributed by atoms with Gasteiger partial charge in [0.1, 0.15) is 6.61 Å². The number of benzene rings is 1. The Bertz CT molecular complexity index is 535. The van der Waals surface area contributed by atoms with Gasteiger partial charge in [0.15, 0.2) is 0 Å². The molecule has 2 nitrogen and oxygen atoms in total. The minimum absolute atomic E-state index is 0.0198. The quantitative estimate of drug-likeness (QED) is 0.600. The van der Waals surface area contributed by atoms with Crippen LogP contribution < -0.4 is 0 Å². The minimum atomic E-state index is -2.47. The number of hydrogen-bond acceptors (Lipinski definition) is 2. The third-order valence-electron chi connectivity index (χ3n) is 4.18. The molecule has 0 heterocycles. The van der Waals surface area contributed by atoms with Crippen LogP contribution in [0.1, 0.15) is 26.3 Å². The van der Waals surface area contributed by atoms with Gasteiger partial charge in [0.2, 0.25) is 0 Å². The molecule has 4 heteroatoms. The molecule has 0 bridgehead atoms. The number of hydrogen-bond donors (Lipinski definition) is 0. The van der Waals surface area contributed by atoms with Crippen molar-refractivity contribution in [2.75, 3.05) is 0 Å². The van der Waals surface area contributed by atoms with Crippen LogP contribution in [0, 0.1) is 17.3 Å². The van der Waals surface area contributed by atoms with E-state index in [1.54, 1.807) is 0 Å². The van der Waals surface area contributed by atoms with E-state index in [9.17, 15) is 13.6 Å². The fourth-order valence-corrected chi connectivity index (χ4v) is 2.61. The number of ether oxygens (including phenoxy) is 1. The van der Waals surface area contributed by atoms with Crippen molar-refractivity contribution in [1.82, 2.24) is 0 Å². The zero-order valence-corrected chi connectivity index (χ0v) is 12.5. The summed E-state index contributed by atoms with van der Waals surface area (Å²) in [6.07, 6.45) is -0.957. The SMILES string of the molecule is C/C(=C\[C@@H]1[C@@H](C(=O)OCc2ccccc2)C1(C)C)C(F)F. The molecule has 0 amide bonds. The number of halogens is 2. The van der Waals surface area contributed by atoms with Gasteiger partial charge in [-0.1, -0.05) is 50.3 Å². The Labute approximate surface area is 123 Å². The molecule has 1 aliphatic rings. The fraction of sp³-hybridized carbons (Fsp3) is 0.471. The molecule has 1 aliphatic carbocycles. The van der Waals surface area contributed by atoms with Gasteiger partial charge in [0.25, 0.3) is 6.43 Å². The molecule has 114 valence electrons. The summed E-state index contributed by atoms with van der Waals surface area (Å²) in [7, 11) is 0. The number of carbonyl (C=O) groups excluding carboxylic acids is 1. The van der Waals surface area contributed by atoms with Gasteiger partial charge in [-0.2, -0.15) is 0 Å². The van der Waals surface area contributed by atoms with Crippen molar-refractivity contribution in [2.24, 2.45) is 17.3 Å². The van der Waals surface area contributed by atoms with E-state index in [0.29, 0.717) is 0 Å². The third kappa shape index (κ3) is 3.49. The number of carbonyl (C=O) groups is 1. The maximum Gasteiger partial charge on any atom is 0.310 e. The second kappa shape index (κ2) is 5.96. The summed E-state index contributed by atoms with van der Waals surface area (Å²) in [5.74, 6) is -0.822. The van der Waals surface area contributed by atoms with Gasteiger partial charge in [-0.25, -0.2) is 8.78 Å². The van der Waals surface area contributed by atoms with E-state index in [4.69, 9.17) is 4.74 Å². The van der Waals surface area contributed by atoms with Crippen LogP contribution in [0.25, 0.3) is 0 Å². The topological polar surface area (TPSA) is 26.3 Å². The van der Waals surface area contributed by atoms with Crippen molar-refractivity contribution < 1.29 is 18.3 Å². The molecule has 0 radical (unpaired) electrons. The first-order valence-corrected chi connectivity index (χ1v) is 7.01. The molecule has 0 unspecified atom stereocenters. The summed E-state index contributed by atoms with van der Waals surface area (Å²) in [6.45, 7) is 5.42. The molecule has 0 spiro atoms. The lowest BCUT2D eigenvalue weighted by Gasteiger charge is -2.05. The smallest absolute Gasteiger partial charge is 0.310 e. The van der Waals surface area contributed by atoms with Crippen molar-refractivity contribution in [3.8, 4) is 0 Å². The van der Waals surface area contributed by atoms with Gasteiger partial charge in [-0.3, -0.25) is 4.79 Å². The van der Waals surface area contributed by atoms with Crippen molar-refractivity contribution in [3.05, 3.63) is 47.5 Å². The van der Waals surface area contributed by atoms with E-state index in [-0.39, 0.29) is 35.4 Å². The van der Waals surface area contributed by atoms with E-state index in [0.717, 1.165) is 5.56 Å². The zero-order chi connectivity index (χ0) is 15.6. The van der Waals surface area contributed by atoms with Gasteiger partial charge in [0.05, 0.1) is 5.92 Å². The second-order valence-electron chi connectivity index (χ2n) is 6.13. The monoisotopic (exact) mass is 294 g/mol. The predicted molar refractivity (Wildman–Crippen MR) is 76.8 cm³/mol. The lowest BCUT2D eigenvalue weighted by atomic mass is 10.1. The summed E-state index contributed by atoms with van der Waals surface area (Å²) in [4.78, 5) is 12.1. The van der Waals surface area contributed by atoms with Gasteiger partial charge in [-0.15, -0.1) is 0 Å². The molecule has 0 aromatic heterocycles. The normalized spacial score (nSPS) is 24.0. The van der Waals surface area contributed by atoms with Gasteiger partial charge in [-0.05, 0) is 29.4 Å². The Morgan fingerprint density at radius 1 is 1.33 bits per heavy atom. The summed E-state index contributed by atoms with van der Waals surface area (Å²) < 4.78 is 30.5. The molecule has 1 fully saturated rings. The lowest BCUT2D eigenvalue weighted by Crippen LogP contribution is -2.10. The van der Waals surface area contributed by atoms with Crippen LogP contribution in [0.15, 0.2) is 42.0 Å². The standard InChI is InChI=1S/C17H20F2O2/c1-11(15(18)19)9-13-14(17(13,2)3)16(20)21-10-12-7-5-4-6-8-12/h4-9,13-15H,10H2,1-3H3/b11-9+/t13-,14+/m1/s1.